The summed E-state index contributed by atoms with van der Waals surface area (Å²) in [5.41, 5.74) is -1.65. The molecule has 0 aromatic carbocycles. The monoisotopic (exact) mass is 323 g/mol. The van der Waals surface area contributed by atoms with Crippen LogP contribution in [0.4, 0.5) is 0 Å². The van der Waals surface area contributed by atoms with E-state index < -0.39 is 17.1 Å². The molecule has 0 aliphatic carbocycles. The highest BCUT2D eigenvalue weighted by Crippen LogP contribution is 2.14. The van der Waals surface area contributed by atoms with Crippen LogP contribution in [-0.4, -0.2) is 39.1 Å². The predicted octanol–water partition coefficient (Wildman–Crippen LogP) is -0.674. The molecule has 1 aromatic rings. The minimum atomic E-state index is -0.554. The maximum Gasteiger partial charge on any atom is 0.336 e. The molecule has 2 saturated heterocycles. The number of nitrogens with zero attached hydrogens (tertiary/aromatic N) is 3. The first-order valence-corrected chi connectivity index (χ1v) is 7.90. The second kappa shape index (κ2) is 6.67. The van der Waals surface area contributed by atoms with Crippen molar-refractivity contribution in [3.63, 3.8) is 0 Å². The lowest BCUT2D eigenvalue weighted by atomic mass is 10.3. The van der Waals surface area contributed by atoms with E-state index in [4.69, 9.17) is 9.47 Å². The third-order valence-electron chi connectivity index (χ3n) is 4.10. The molecule has 0 amide bonds. The lowest BCUT2D eigenvalue weighted by Gasteiger charge is -2.13. The number of hydrogen-bond donors (Lipinski definition) is 0. The third kappa shape index (κ3) is 3.70. The van der Waals surface area contributed by atoms with Crippen LogP contribution in [0, 0.1) is 0 Å². The quantitative estimate of drug-likeness (QED) is 0.444. The van der Waals surface area contributed by atoms with Gasteiger partial charge in [-0.2, -0.15) is 0 Å². The van der Waals surface area contributed by atoms with Crippen LogP contribution in [0.5, 0.6) is 0 Å². The van der Waals surface area contributed by atoms with Crippen LogP contribution in [0.2, 0.25) is 0 Å². The zero-order valence-corrected chi connectivity index (χ0v) is 13.0. The Balaban J connectivity index is 1.95. The fourth-order valence-corrected chi connectivity index (χ4v) is 2.49. The predicted molar refractivity (Wildman–Crippen MR) is 82.8 cm³/mol. The van der Waals surface area contributed by atoms with E-state index in [1.54, 1.807) is 6.08 Å². The number of aromatic nitrogens is 3. The van der Waals surface area contributed by atoms with Crippen LogP contribution < -0.4 is 17.1 Å². The molecule has 3 heterocycles. The molecule has 0 N–H and O–H groups in total. The molecule has 2 aliphatic heterocycles. The van der Waals surface area contributed by atoms with E-state index in [0.29, 0.717) is 32.5 Å². The number of allylic oxidation sites excluding steroid dienone is 1. The number of ether oxygens (including phenoxy) is 2. The second-order valence-corrected chi connectivity index (χ2v) is 5.87. The first-order valence-electron chi connectivity index (χ1n) is 7.90. The largest absolute Gasteiger partial charge is 0.373 e. The molecule has 0 saturated carbocycles. The molecule has 0 radical (unpaired) electrons. The molecule has 2 aliphatic rings. The summed E-state index contributed by atoms with van der Waals surface area (Å²) in [7, 11) is 0. The fraction of sp³-hybridized carbons (Fsp3) is 0.667. The summed E-state index contributed by atoms with van der Waals surface area (Å²) in [6, 6.07) is 0. The van der Waals surface area contributed by atoms with Crippen molar-refractivity contribution < 1.29 is 9.47 Å². The summed E-state index contributed by atoms with van der Waals surface area (Å²) in [6.07, 6.45) is 3.56. The van der Waals surface area contributed by atoms with Gasteiger partial charge in [0.1, 0.15) is 0 Å². The van der Waals surface area contributed by atoms with Gasteiger partial charge in [-0.1, -0.05) is 6.08 Å². The van der Waals surface area contributed by atoms with Gasteiger partial charge in [0.05, 0.1) is 25.4 Å². The van der Waals surface area contributed by atoms with Crippen molar-refractivity contribution in [3.8, 4) is 0 Å². The highest BCUT2D eigenvalue weighted by atomic mass is 16.6. The van der Waals surface area contributed by atoms with Crippen molar-refractivity contribution >= 4 is 0 Å². The minimum absolute atomic E-state index is 0.114. The number of hydrogen-bond acceptors (Lipinski definition) is 5. The van der Waals surface area contributed by atoms with E-state index in [1.807, 2.05) is 0 Å². The van der Waals surface area contributed by atoms with E-state index >= 15 is 0 Å². The zero-order valence-electron chi connectivity index (χ0n) is 13.0. The molecule has 3 rings (SSSR count). The van der Waals surface area contributed by atoms with Gasteiger partial charge in [-0.05, 0) is 19.3 Å². The van der Waals surface area contributed by atoms with Gasteiger partial charge in [0.2, 0.25) is 0 Å². The third-order valence-corrected chi connectivity index (χ3v) is 4.10. The maximum atomic E-state index is 12.5. The molecular weight excluding hydrogens is 302 g/mol. The van der Waals surface area contributed by atoms with E-state index in [1.165, 1.54) is 0 Å². The number of rotatable bonds is 9. The topological polar surface area (TPSA) is 91.1 Å². The van der Waals surface area contributed by atoms with Gasteiger partial charge in [0.25, 0.3) is 0 Å². The highest BCUT2D eigenvalue weighted by Gasteiger charge is 2.25. The van der Waals surface area contributed by atoms with Gasteiger partial charge >= 0.3 is 17.1 Å². The Kier molecular flexibility index (Phi) is 4.63. The Labute approximate surface area is 132 Å². The standard InChI is InChI=1S/C15H21N3O5/c1-2-3-6-16-13(19)17(7-4-11-9-22-11)15(21)18(14(16)20)8-5-12-10-23-12/h2,11-12H,1,3-10H2/t11-,12?/m0/s1. The molecule has 0 bridgehead atoms. The van der Waals surface area contributed by atoms with Gasteiger partial charge < -0.3 is 9.47 Å². The van der Waals surface area contributed by atoms with Crippen LogP contribution in [0.3, 0.4) is 0 Å². The van der Waals surface area contributed by atoms with Crippen molar-refractivity contribution in [1.29, 1.82) is 0 Å². The van der Waals surface area contributed by atoms with Crippen molar-refractivity contribution in [2.75, 3.05) is 13.2 Å². The Morgan fingerprint density at radius 2 is 1.26 bits per heavy atom. The van der Waals surface area contributed by atoms with Gasteiger partial charge in [-0.25, -0.2) is 28.1 Å². The maximum absolute atomic E-state index is 12.5. The second-order valence-electron chi connectivity index (χ2n) is 5.87. The lowest BCUT2D eigenvalue weighted by molar-refractivity contribution is 0.357. The van der Waals surface area contributed by atoms with Gasteiger partial charge in [-0.15, -0.1) is 6.58 Å². The molecule has 8 heteroatoms. The Morgan fingerprint density at radius 1 is 0.870 bits per heavy atom. The smallest absolute Gasteiger partial charge is 0.336 e. The first-order chi connectivity index (χ1) is 11.1. The summed E-state index contributed by atoms with van der Waals surface area (Å²) in [5.74, 6) is 0. The van der Waals surface area contributed by atoms with Crippen LogP contribution in [-0.2, 0) is 29.1 Å². The molecule has 1 aromatic heterocycles. The van der Waals surface area contributed by atoms with Crippen LogP contribution in [0.25, 0.3) is 0 Å². The summed E-state index contributed by atoms with van der Waals surface area (Å²) in [6.45, 7) is 5.68. The summed E-state index contributed by atoms with van der Waals surface area (Å²) >= 11 is 0. The molecule has 126 valence electrons. The minimum Gasteiger partial charge on any atom is -0.373 e. The van der Waals surface area contributed by atoms with Crippen molar-refractivity contribution in [2.45, 2.75) is 51.1 Å². The van der Waals surface area contributed by atoms with Crippen LogP contribution >= 0.6 is 0 Å². The zero-order chi connectivity index (χ0) is 16.4. The Morgan fingerprint density at radius 3 is 1.61 bits per heavy atom. The molecule has 23 heavy (non-hydrogen) atoms. The normalized spacial score (nSPS) is 22.1. The number of epoxide rings is 2. The van der Waals surface area contributed by atoms with Crippen molar-refractivity contribution in [1.82, 2.24) is 13.7 Å². The Bertz CT molecular complexity index is 698. The molecule has 2 atom stereocenters. The summed E-state index contributed by atoms with van der Waals surface area (Å²) in [5, 5.41) is 0. The molecular formula is C15H21N3O5. The average molecular weight is 323 g/mol. The van der Waals surface area contributed by atoms with Crippen molar-refractivity contribution in [2.24, 2.45) is 0 Å². The molecule has 1 unspecified atom stereocenters. The van der Waals surface area contributed by atoms with Gasteiger partial charge in [0, 0.05) is 19.6 Å². The summed E-state index contributed by atoms with van der Waals surface area (Å²) < 4.78 is 13.6. The van der Waals surface area contributed by atoms with E-state index in [0.717, 1.165) is 13.7 Å². The van der Waals surface area contributed by atoms with Crippen LogP contribution in [0.15, 0.2) is 27.0 Å². The molecule has 0 spiro atoms. The van der Waals surface area contributed by atoms with E-state index in [9.17, 15) is 14.4 Å². The lowest BCUT2D eigenvalue weighted by Crippen LogP contribution is -2.54. The average Bonchev–Trinajstić information content (AvgIpc) is 3.41. The fourth-order valence-electron chi connectivity index (χ4n) is 2.49. The van der Waals surface area contributed by atoms with Crippen molar-refractivity contribution in [3.05, 3.63) is 44.1 Å². The molecule has 8 nitrogen and oxygen atoms in total. The summed E-state index contributed by atoms with van der Waals surface area (Å²) in [4.78, 5) is 37.4. The van der Waals surface area contributed by atoms with E-state index in [2.05, 4.69) is 6.58 Å². The Hall–Kier alpha value is -1.93. The van der Waals surface area contributed by atoms with Gasteiger partial charge in [-0.3, -0.25) is 0 Å². The van der Waals surface area contributed by atoms with E-state index in [-0.39, 0.29) is 31.8 Å². The van der Waals surface area contributed by atoms with Gasteiger partial charge in [0.15, 0.2) is 0 Å². The van der Waals surface area contributed by atoms with Crippen LogP contribution in [0.1, 0.15) is 19.3 Å². The first kappa shape index (κ1) is 15.9. The molecule has 2 fully saturated rings. The SMILES string of the molecule is C=CCCn1c(=O)n(CCC2CO2)c(=O)n(CC[C@H]2CO2)c1=O. The highest BCUT2D eigenvalue weighted by molar-refractivity contribution is 4.83.